The van der Waals surface area contributed by atoms with E-state index in [1.807, 2.05) is 6.92 Å². The summed E-state index contributed by atoms with van der Waals surface area (Å²) in [5.74, 6) is 0.442. The number of unbranched alkanes of at least 4 members (excludes halogenated alkanes) is 18. The highest BCUT2D eigenvalue weighted by Gasteiger charge is 2.43. The predicted octanol–water partition coefficient (Wildman–Crippen LogP) is 6.12. The van der Waals surface area contributed by atoms with E-state index in [9.17, 15) is 30.3 Å². The third kappa shape index (κ3) is 19.6. The van der Waals surface area contributed by atoms with Gasteiger partial charge in [0.25, 0.3) is 0 Å². The number of rotatable bonds is 29. The Morgan fingerprint density at radius 2 is 1.07 bits per heavy atom. The molecule has 42 heavy (non-hydrogen) atoms. The molecule has 250 valence electrons. The smallest absolute Gasteiger partial charge is 0.186 e. The average molecular weight is 603 g/mol. The lowest BCUT2D eigenvalue weighted by atomic mass is 9.99. The van der Waals surface area contributed by atoms with Gasteiger partial charge in [0.2, 0.25) is 0 Å². The van der Waals surface area contributed by atoms with Gasteiger partial charge in [0.1, 0.15) is 30.2 Å². The zero-order valence-corrected chi connectivity index (χ0v) is 26.8. The van der Waals surface area contributed by atoms with E-state index in [1.54, 1.807) is 0 Å². The minimum Gasteiger partial charge on any atom is -0.394 e. The Kier molecular flexibility index (Phi) is 25.1. The molecule has 5 N–H and O–H groups in total. The molecule has 0 radical (unpaired) electrons. The van der Waals surface area contributed by atoms with Crippen LogP contribution >= 0.6 is 0 Å². The number of hydrogen-bond donors (Lipinski definition) is 5. The van der Waals surface area contributed by atoms with Crippen molar-refractivity contribution in [1.82, 2.24) is 0 Å². The summed E-state index contributed by atoms with van der Waals surface area (Å²) in [5, 5.41) is 48.3. The summed E-state index contributed by atoms with van der Waals surface area (Å²) in [4.78, 5) is 12.1. The van der Waals surface area contributed by atoms with Crippen LogP contribution in [0.5, 0.6) is 0 Å². The molecule has 1 aliphatic rings. The van der Waals surface area contributed by atoms with Crippen LogP contribution in [-0.4, -0.2) is 81.3 Å². The van der Waals surface area contributed by atoms with Crippen LogP contribution in [0.2, 0.25) is 0 Å². The van der Waals surface area contributed by atoms with E-state index < -0.39 is 37.3 Å². The van der Waals surface area contributed by atoms with E-state index in [1.165, 1.54) is 83.5 Å². The first-order valence-electron chi connectivity index (χ1n) is 17.5. The fourth-order valence-electron chi connectivity index (χ4n) is 5.69. The van der Waals surface area contributed by atoms with E-state index in [0.717, 1.165) is 70.6 Å². The van der Waals surface area contributed by atoms with Gasteiger partial charge in [-0.05, 0) is 32.1 Å². The maximum atomic E-state index is 12.1. The topological polar surface area (TPSA) is 137 Å². The van der Waals surface area contributed by atoms with Gasteiger partial charge < -0.3 is 35.0 Å². The van der Waals surface area contributed by atoms with Crippen LogP contribution in [0.15, 0.2) is 0 Å². The molecule has 0 amide bonds. The quantitative estimate of drug-likeness (QED) is 0.0647. The monoisotopic (exact) mass is 602 g/mol. The summed E-state index contributed by atoms with van der Waals surface area (Å²) in [6, 6.07) is 0. The molecule has 6 atom stereocenters. The molecule has 0 saturated carbocycles. The second-order valence-electron chi connectivity index (χ2n) is 12.5. The first-order chi connectivity index (χ1) is 20.4. The van der Waals surface area contributed by atoms with Crippen LogP contribution in [0.4, 0.5) is 0 Å². The fraction of sp³-hybridized carbons (Fsp3) is 0.971. The van der Waals surface area contributed by atoms with Gasteiger partial charge in [0, 0.05) is 19.4 Å². The lowest BCUT2D eigenvalue weighted by molar-refractivity contribution is -0.301. The van der Waals surface area contributed by atoms with Gasteiger partial charge in [-0.1, -0.05) is 116 Å². The van der Waals surface area contributed by atoms with Gasteiger partial charge in [0.15, 0.2) is 6.29 Å². The van der Waals surface area contributed by atoms with Crippen LogP contribution in [0.3, 0.4) is 0 Å². The molecule has 1 aliphatic heterocycles. The van der Waals surface area contributed by atoms with Crippen molar-refractivity contribution in [3.63, 3.8) is 0 Å². The first-order valence-corrected chi connectivity index (χ1v) is 17.5. The number of ether oxygens (including phenoxy) is 2. The zero-order valence-electron chi connectivity index (χ0n) is 26.8. The van der Waals surface area contributed by atoms with Gasteiger partial charge in [0.05, 0.1) is 12.7 Å². The van der Waals surface area contributed by atoms with E-state index >= 15 is 0 Å². The minimum atomic E-state index is -1.39. The molecule has 0 aromatic heterocycles. The normalized spacial score (nSPS) is 23.3. The number of hydrogen-bond acceptors (Lipinski definition) is 8. The van der Waals surface area contributed by atoms with E-state index in [-0.39, 0.29) is 6.10 Å². The largest absolute Gasteiger partial charge is 0.394 e. The highest BCUT2D eigenvalue weighted by Crippen LogP contribution is 2.22. The zero-order chi connectivity index (χ0) is 30.8. The van der Waals surface area contributed by atoms with Crippen LogP contribution < -0.4 is 0 Å². The van der Waals surface area contributed by atoms with Crippen molar-refractivity contribution in [2.75, 3.05) is 13.2 Å². The Balaban J connectivity index is 1.77. The molecule has 0 aliphatic carbocycles. The van der Waals surface area contributed by atoms with Crippen LogP contribution in [-0.2, 0) is 14.3 Å². The average Bonchev–Trinajstić information content (AvgIpc) is 2.99. The molecular weight excluding hydrogens is 536 g/mol. The van der Waals surface area contributed by atoms with Crippen LogP contribution in [0.25, 0.3) is 0 Å². The second-order valence-corrected chi connectivity index (χ2v) is 12.5. The van der Waals surface area contributed by atoms with Crippen molar-refractivity contribution >= 4 is 5.78 Å². The Hall–Kier alpha value is -0.610. The van der Waals surface area contributed by atoms with Gasteiger partial charge in [-0.2, -0.15) is 0 Å². The molecule has 1 fully saturated rings. The third-order valence-corrected chi connectivity index (χ3v) is 8.69. The maximum absolute atomic E-state index is 12.1. The molecule has 0 bridgehead atoms. The Bertz CT molecular complexity index is 616. The highest BCUT2D eigenvalue weighted by molar-refractivity contribution is 5.78. The first kappa shape index (κ1) is 39.4. The number of aliphatic hydroxyl groups is 5. The molecule has 2 unspecified atom stereocenters. The number of carbonyl (C=O) groups is 1. The van der Waals surface area contributed by atoms with Crippen molar-refractivity contribution in [3.8, 4) is 0 Å². The molecule has 0 aromatic carbocycles. The summed E-state index contributed by atoms with van der Waals surface area (Å²) in [6.45, 7) is 1.99. The fourth-order valence-corrected chi connectivity index (χ4v) is 5.69. The lowest BCUT2D eigenvalue weighted by Crippen LogP contribution is -2.59. The number of ketones is 1. The molecule has 1 saturated heterocycles. The minimum absolute atomic E-state index is 0.134. The van der Waals surface area contributed by atoms with Crippen molar-refractivity contribution in [2.45, 2.75) is 198 Å². The summed E-state index contributed by atoms with van der Waals surface area (Å²) < 4.78 is 10.9. The van der Waals surface area contributed by atoms with Gasteiger partial charge in [-0.25, -0.2) is 0 Å². The maximum Gasteiger partial charge on any atom is 0.186 e. The number of Topliss-reactive ketones (excluding diaryl/α,β-unsaturated/α-hetero) is 1. The highest BCUT2D eigenvalue weighted by atomic mass is 16.7. The van der Waals surface area contributed by atoms with E-state index in [4.69, 9.17) is 9.47 Å². The molecule has 1 heterocycles. The second kappa shape index (κ2) is 26.8. The van der Waals surface area contributed by atoms with Crippen LogP contribution in [0.1, 0.15) is 161 Å². The molecule has 8 nitrogen and oxygen atoms in total. The number of carbonyl (C=O) groups excluding carboxylic acids is 1. The van der Waals surface area contributed by atoms with Crippen molar-refractivity contribution in [3.05, 3.63) is 0 Å². The van der Waals surface area contributed by atoms with Gasteiger partial charge in [-0.3, -0.25) is 4.79 Å². The van der Waals surface area contributed by atoms with E-state index in [2.05, 4.69) is 0 Å². The SMILES string of the molecule is CCC(O)CCCCCCCC(=O)CCCCCCCCCCCCCCCCCOC1O[C@H](CO)[C@H](O)[C@H](O)[C@H]1O. The van der Waals surface area contributed by atoms with Crippen molar-refractivity contribution < 1.29 is 39.8 Å². The summed E-state index contributed by atoms with van der Waals surface area (Å²) in [5.41, 5.74) is 0. The molecule has 1 rings (SSSR count). The summed E-state index contributed by atoms with van der Waals surface area (Å²) in [6.07, 6.45) is 21.0. The number of aliphatic hydroxyl groups excluding tert-OH is 5. The van der Waals surface area contributed by atoms with E-state index in [0.29, 0.717) is 12.4 Å². The Morgan fingerprint density at radius 1 is 0.643 bits per heavy atom. The third-order valence-electron chi connectivity index (χ3n) is 8.69. The summed E-state index contributed by atoms with van der Waals surface area (Å²) in [7, 11) is 0. The Labute approximate surface area is 256 Å². The Morgan fingerprint density at radius 3 is 1.52 bits per heavy atom. The predicted molar refractivity (Wildman–Crippen MR) is 167 cm³/mol. The lowest BCUT2D eigenvalue weighted by Gasteiger charge is -2.39. The summed E-state index contributed by atoms with van der Waals surface area (Å²) >= 11 is 0. The molecule has 0 aromatic rings. The van der Waals surface area contributed by atoms with Gasteiger partial charge >= 0.3 is 0 Å². The van der Waals surface area contributed by atoms with Gasteiger partial charge in [-0.15, -0.1) is 0 Å². The van der Waals surface area contributed by atoms with Crippen molar-refractivity contribution in [1.29, 1.82) is 0 Å². The molecule has 0 spiro atoms. The molecular formula is C34H66O8. The van der Waals surface area contributed by atoms with Crippen LogP contribution in [0, 0.1) is 0 Å². The molecule has 8 heteroatoms. The standard InChI is InChI=1S/C34H66O8/c1-2-28(36)23-19-16-14-17-21-25-29(37)24-20-15-12-10-8-6-4-3-5-7-9-11-13-18-22-26-41-34-33(40)32(39)31(38)30(27-35)42-34/h28,30-36,38-40H,2-27H2,1H3/t28?,30-,31+,32+,33-,34?/m1/s1. The van der Waals surface area contributed by atoms with Crippen molar-refractivity contribution in [2.24, 2.45) is 0 Å².